The van der Waals surface area contributed by atoms with Gasteiger partial charge in [0.15, 0.2) is 5.76 Å². The van der Waals surface area contributed by atoms with Crippen LogP contribution in [-0.4, -0.2) is 51.7 Å². The number of aryl methyl sites for hydroxylation is 3. The highest BCUT2D eigenvalue weighted by Crippen LogP contribution is 2.19. The minimum atomic E-state index is -0.0614. The molecule has 2 aromatic heterocycles. The summed E-state index contributed by atoms with van der Waals surface area (Å²) in [5.74, 6) is 1.76. The molecule has 1 aliphatic rings. The van der Waals surface area contributed by atoms with Crippen LogP contribution in [0.15, 0.2) is 47.1 Å². The molecule has 1 amide bonds. The minimum absolute atomic E-state index is 0.0614. The molecule has 0 atom stereocenters. The predicted octanol–water partition coefficient (Wildman–Crippen LogP) is 3.17. The summed E-state index contributed by atoms with van der Waals surface area (Å²) >= 11 is 0. The summed E-state index contributed by atoms with van der Waals surface area (Å²) in [5, 5.41) is 4.21. The van der Waals surface area contributed by atoms with Crippen molar-refractivity contribution in [1.29, 1.82) is 0 Å². The SMILES string of the molecule is Cc1cc(C)cc(OCc2ccc(C(=O)N3CCN(Cc4cnn(C)c4)CC3)o2)c1. The summed E-state index contributed by atoms with van der Waals surface area (Å²) in [7, 11) is 1.92. The number of carbonyl (C=O) groups excluding carboxylic acids is 1. The molecule has 3 aromatic rings. The van der Waals surface area contributed by atoms with Crippen LogP contribution in [0.5, 0.6) is 5.75 Å². The summed E-state index contributed by atoms with van der Waals surface area (Å²) < 4.78 is 13.4. The van der Waals surface area contributed by atoms with Gasteiger partial charge in [-0.1, -0.05) is 6.07 Å². The van der Waals surface area contributed by atoms with Gasteiger partial charge < -0.3 is 14.1 Å². The first-order chi connectivity index (χ1) is 14.5. The maximum Gasteiger partial charge on any atom is 0.289 e. The number of aromatic nitrogens is 2. The van der Waals surface area contributed by atoms with Crippen molar-refractivity contribution in [3.63, 3.8) is 0 Å². The number of ether oxygens (including phenoxy) is 1. The zero-order valence-electron chi connectivity index (χ0n) is 17.8. The maximum atomic E-state index is 12.8. The highest BCUT2D eigenvalue weighted by Gasteiger charge is 2.24. The van der Waals surface area contributed by atoms with Gasteiger partial charge in [-0.25, -0.2) is 0 Å². The van der Waals surface area contributed by atoms with Crippen molar-refractivity contribution < 1.29 is 13.9 Å². The van der Waals surface area contributed by atoms with Gasteiger partial charge in [-0.15, -0.1) is 0 Å². The number of benzene rings is 1. The van der Waals surface area contributed by atoms with Crippen molar-refractivity contribution in [2.45, 2.75) is 27.0 Å². The van der Waals surface area contributed by atoms with Crippen molar-refractivity contribution in [3.05, 3.63) is 70.9 Å². The fourth-order valence-corrected chi connectivity index (χ4v) is 3.82. The molecule has 0 unspecified atom stereocenters. The van der Waals surface area contributed by atoms with E-state index in [4.69, 9.17) is 9.15 Å². The van der Waals surface area contributed by atoms with Crippen LogP contribution in [0.2, 0.25) is 0 Å². The summed E-state index contributed by atoms with van der Waals surface area (Å²) in [6.45, 7) is 8.29. The van der Waals surface area contributed by atoms with Gasteiger partial charge in [0.05, 0.1) is 6.20 Å². The van der Waals surface area contributed by atoms with E-state index in [1.807, 2.05) is 61.1 Å². The number of amides is 1. The zero-order valence-corrected chi connectivity index (χ0v) is 17.8. The Balaban J connectivity index is 1.28. The van der Waals surface area contributed by atoms with Gasteiger partial charge in [0, 0.05) is 51.5 Å². The highest BCUT2D eigenvalue weighted by molar-refractivity contribution is 5.91. The molecule has 1 saturated heterocycles. The van der Waals surface area contributed by atoms with E-state index in [1.165, 1.54) is 5.56 Å². The Morgan fingerprint density at radius 1 is 1.10 bits per heavy atom. The molecule has 0 radical (unpaired) electrons. The third-order valence-electron chi connectivity index (χ3n) is 5.27. The lowest BCUT2D eigenvalue weighted by molar-refractivity contribution is 0.0594. The molecule has 1 fully saturated rings. The van der Waals surface area contributed by atoms with Crippen LogP contribution in [0, 0.1) is 13.8 Å². The molecular weight excluding hydrogens is 380 g/mol. The fraction of sp³-hybridized carbons (Fsp3) is 0.391. The normalized spacial score (nSPS) is 14.8. The van der Waals surface area contributed by atoms with E-state index in [0.717, 1.165) is 36.5 Å². The van der Waals surface area contributed by atoms with E-state index in [2.05, 4.69) is 16.1 Å². The quantitative estimate of drug-likeness (QED) is 0.627. The first-order valence-corrected chi connectivity index (χ1v) is 10.3. The predicted molar refractivity (Wildman–Crippen MR) is 113 cm³/mol. The standard InChI is InChI=1S/C23H28N4O3/c1-17-10-18(2)12-21(11-17)29-16-20-4-5-22(30-20)23(28)27-8-6-26(7-9-27)15-19-13-24-25(3)14-19/h4-5,10-14H,6-9,15-16H2,1-3H3. The van der Waals surface area contributed by atoms with Crippen LogP contribution in [0.4, 0.5) is 0 Å². The Labute approximate surface area is 176 Å². The number of carbonyl (C=O) groups is 1. The van der Waals surface area contributed by atoms with Gasteiger partial charge in [0.2, 0.25) is 0 Å². The molecule has 0 saturated carbocycles. The second kappa shape index (κ2) is 8.75. The van der Waals surface area contributed by atoms with Crippen molar-refractivity contribution in [1.82, 2.24) is 19.6 Å². The summed E-state index contributed by atoms with van der Waals surface area (Å²) in [5.41, 5.74) is 3.50. The number of furan rings is 1. The Morgan fingerprint density at radius 3 is 2.50 bits per heavy atom. The summed E-state index contributed by atoms with van der Waals surface area (Å²) in [6, 6.07) is 9.64. The average molecular weight is 409 g/mol. The van der Waals surface area contributed by atoms with Crippen LogP contribution >= 0.6 is 0 Å². The molecular formula is C23H28N4O3. The van der Waals surface area contributed by atoms with E-state index in [-0.39, 0.29) is 5.91 Å². The van der Waals surface area contributed by atoms with Gasteiger partial charge >= 0.3 is 0 Å². The minimum Gasteiger partial charge on any atom is -0.486 e. The molecule has 0 N–H and O–H groups in total. The molecule has 1 aliphatic heterocycles. The molecule has 0 aliphatic carbocycles. The molecule has 3 heterocycles. The lowest BCUT2D eigenvalue weighted by Gasteiger charge is -2.34. The molecule has 0 spiro atoms. The third kappa shape index (κ3) is 4.91. The van der Waals surface area contributed by atoms with Gasteiger partial charge in [-0.3, -0.25) is 14.4 Å². The Hall–Kier alpha value is -3.06. The Kier molecular flexibility index (Phi) is 5.90. The second-order valence-corrected chi connectivity index (χ2v) is 7.97. The van der Waals surface area contributed by atoms with E-state index in [0.29, 0.717) is 31.2 Å². The molecule has 0 bridgehead atoms. The van der Waals surface area contributed by atoms with E-state index >= 15 is 0 Å². The van der Waals surface area contributed by atoms with Gasteiger partial charge in [0.25, 0.3) is 5.91 Å². The smallest absolute Gasteiger partial charge is 0.289 e. The maximum absolute atomic E-state index is 12.8. The fourth-order valence-electron chi connectivity index (χ4n) is 3.82. The summed E-state index contributed by atoms with van der Waals surface area (Å²) in [6.07, 6.45) is 3.92. The number of hydrogen-bond acceptors (Lipinski definition) is 5. The van der Waals surface area contributed by atoms with E-state index in [9.17, 15) is 4.79 Å². The monoisotopic (exact) mass is 408 g/mol. The van der Waals surface area contributed by atoms with Crippen molar-refractivity contribution in [2.24, 2.45) is 7.05 Å². The molecule has 30 heavy (non-hydrogen) atoms. The van der Waals surface area contributed by atoms with Crippen LogP contribution in [0.1, 0.15) is 33.0 Å². The number of piperazine rings is 1. The highest BCUT2D eigenvalue weighted by atomic mass is 16.5. The number of hydrogen-bond donors (Lipinski definition) is 0. The second-order valence-electron chi connectivity index (χ2n) is 7.97. The average Bonchev–Trinajstić information content (AvgIpc) is 3.35. The Bertz CT molecular complexity index is 995. The van der Waals surface area contributed by atoms with Gasteiger partial charge in [0.1, 0.15) is 18.1 Å². The zero-order chi connectivity index (χ0) is 21.1. The topological polar surface area (TPSA) is 63.7 Å². The first kappa shape index (κ1) is 20.2. The Morgan fingerprint density at radius 2 is 1.83 bits per heavy atom. The van der Waals surface area contributed by atoms with Crippen LogP contribution in [0.25, 0.3) is 0 Å². The molecule has 7 nitrogen and oxygen atoms in total. The van der Waals surface area contributed by atoms with Crippen LogP contribution < -0.4 is 4.74 Å². The van der Waals surface area contributed by atoms with Crippen molar-refractivity contribution in [3.8, 4) is 5.75 Å². The molecule has 7 heteroatoms. The number of nitrogens with zero attached hydrogens (tertiary/aromatic N) is 4. The molecule has 1 aromatic carbocycles. The van der Waals surface area contributed by atoms with E-state index in [1.54, 1.807) is 6.07 Å². The summed E-state index contributed by atoms with van der Waals surface area (Å²) in [4.78, 5) is 17.0. The van der Waals surface area contributed by atoms with Crippen molar-refractivity contribution >= 4 is 5.91 Å². The molecule has 158 valence electrons. The largest absolute Gasteiger partial charge is 0.486 e. The van der Waals surface area contributed by atoms with Crippen molar-refractivity contribution in [2.75, 3.05) is 26.2 Å². The van der Waals surface area contributed by atoms with Crippen LogP contribution in [0.3, 0.4) is 0 Å². The molecule has 4 rings (SSSR count). The lowest BCUT2D eigenvalue weighted by atomic mass is 10.1. The lowest BCUT2D eigenvalue weighted by Crippen LogP contribution is -2.48. The van der Waals surface area contributed by atoms with E-state index < -0.39 is 0 Å². The number of rotatable bonds is 6. The van der Waals surface area contributed by atoms with Gasteiger partial charge in [-0.05, 0) is 49.2 Å². The van der Waals surface area contributed by atoms with Gasteiger partial charge in [-0.2, -0.15) is 5.10 Å². The first-order valence-electron chi connectivity index (χ1n) is 10.3. The third-order valence-corrected chi connectivity index (χ3v) is 5.27. The van der Waals surface area contributed by atoms with Crippen LogP contribution in [-0.2, 0) is 20.2 Å².